The Hall–Kier alpha value is -2.56. The normalized spacial score (nSPS) is 16.0. The Morgan fingerprint density at radius 1 is 0.952 bits per heavy atom. The second kappa shape index (κ2) is 4.77. The molecule has 1 aliphatic rings. The van der Waals surface area contributed by atoms with Crippen molar-refractivity contribution in [3.8, 4) is 0 Å². The van der Waals surface area contributed by atoms with Gasteiger partial charge in [0.2, 0.25) is 5.78 Å². The van der Waals surface area contributed by atoms with Crippen LogP contribution in [0.3, 0.4) is 0 Å². The van der Waals surface area contributed by atoms with E-state index in [4.69, 9.17) is 0 Å². The lowest BCUT2D eigenvalue weighted by Gasteiger charge is -2.06. The van der Waals surface area contributed by atoms with Crippen LogP contribution in [0.15, 0.2) is 54.2 Å². The van der Waals surface area contributed by atoms with Crippen LogP contribution < -0.4 is 5.32 Å². The highest BCUT2D eigenvalue weighted by atomic mass is 19.4. The fourth-order valence-corrected chi connectivity index (χ4v) is 2.17. The average molecular weight is 289 g/mol. The van der Waals surface area contributed by atoms with Gasteiger partial charge < -0.3 is 5.32 Å². The number of anilines is 1. The van der Waals surface area contributed by atoms with E-state index in [1.165, 1.54) is 12.1 Å². The number of para-hydroxylation sites is 1. The molecule has 2 nitrogen and oxygen atoms in total. The van der Waals surface area contributed by atoms with E-state index >= 15 is 0 Å². The zero-order valence-electron chi connectivity index (χ0n) is 10.7. The summed E-state index contributed by atoms with van der Waals surface area (Å²) in [6.07, 6.45) is -2.81. The third kappa shape index (κ3) is 2.54. The average Bonchev–Trinajstić information content (AvgIpc) is 2.76. The monoisotopic (exact) mass is 289 g/mol. The van der Waals surface area contributed by atoms with Crippen molar-refractivity contribution in [3.63, 3.8) is 0 Å². The number of nitrogens with one attached hydrogen (secondary N) is 1. The molecule has 0 aliphatic carbocycles. The van der Waals surface area contributed by atoms with Gasteiger partial charge in [-0.25, -0.2) is 0 Å². The molecule has 0 spiro atoms. The lowest BCUT2D eigenvalue weighted by Crippen LogP contribution is -2.04. The minimum absolute atomic E-state index is 0.162. The first-order chi connectivity index (χ1) is 9.95. The zero-order chi connectivity index (χ0) is 15.0. The number of halogens is 3. The maximum absolute atomic E-state index is 12.5. The van der Waals surface area contributed by atoms with Crippen molar-refractivity contribution in [1.29, 1.82) is 0 Å². The summed E-state index contributed by atoms with van der Waals surface area (Å²) in [5, 5.41) is 2.97. The molecule has 106 valence electrons. The standard InChI is InChI=1S/C16H10F3NO/c17-16(18,19)11-7-5-10(6-8-11)9-14-15(21)12-3-1-2-4-13(12)20-14/h1-9,20H. The third-order valence-electron chi connectivity index (χ3n) is 3.23. The molecule has 0 bridgehead atoms. The molecular formula is C16H10F3NO. The highest BCUT2D eigenvalue weighted by molar-refractivity contribution is 6.20. The van der Waals surface area contributed by atoms with Crippen molar-refractivity contribution in [2.45, 2.75) is 6.18 Å². The highest BCUT2D eigenvalue weighted by Gasteiger charge is 2.30. The number of Topliss-reactive ketones (excluding diaryl/α,β-unsaturated/α-hetero) is 1. The lowest BCUT2D eigenvalue weighted by atomic mass is 10.1. The molecule has 1 N–H and O–H groups in total. The van der Waals surface area contributed by atoms with Gasteiger partial charge in [-0.1, -0.05) is 24.3 Å². The zero-order valence-corrected chi connectivity index (χ0v) is 10.7. The maximum atomic E-state index is 12.5. The second-order valence-corrected chi connectivity index (χ2v) is 4.68. The molecule has 0 fully saturated rings. The van der Waals surface area contributed by atoms with Crippen molar-refractivity contribution < 1.29 is 18.0 Å². The summed E-state index contributed by atoms with van der Waals surface area (Å²) in [7, 11) is 0. The van der Waals surface area contributed by atoms with Gasteiger partial charge in [0.05, 0.1) is 11.3 Å². The van der Waals surface area contributed by atoms with Crippen molar-refractivity contribution in [2.75, 3.05) is 5.32 Å². The summed E-state index contributed by atoms with van der Waals surface area (Å²) in [4.78, 5) is 12.1. The molecule has 0 radical (unpaired) electrons. The number of carbonyl (C=O) groups excluding carboxylic acids is 1. The molecule has 2 aromatic rings. The molecule has 1 aliphatic heterocycles. The number of carbonyl (C=O) groups is 1. The Kier molecular flexibility index (Phi) is 3.05. The van der Waals surface area contributed by atoms with Gasteiger partial charge >= 0.3 is 6.18 Å². The summed E-state index contributed by atoms with van der Waals surface area (Å²) >= 11 is 0. The predicted octanol–water partition coefficient (Wildman–Crippen LogP) is 4.35. The first-order valence-corrected chi connectivity index (χ1v) is 6.25. The lowest BCUT2D eigenvalue weighted by molar-refractivity contribution is -0.137. The molecule has 5 heteroatoms. The van der Waals surface area contributed by atoms with E-state index in [9.17, 15) is 18.0 Å². The van der Waals surface area contributed by atoms with E-state index in [0.717, 1.165) is 12.1 Å². The number of alkyl halides is 3. The number of fused-ring (bicyclic) bond motifs is 1. The highest BCUT2D eigenvalue weighted by Crippen LogP contribution is 2.31. The number of hydrogen-bond donors (Lipinski definition) is 1. The van der Waals surface area contributed by atoms with Crippen LogP contribution in [0.25, 0.3) is 6.08 Å². The molecule has 2 aromatic carbocycles. The fraction of sp³-hybridized carbons (Fsp3) is 0.0625. The SMILES string of the molecule is O=C1C(=Cc2ccc(C(F)(F)F)cc2)Nc2ccccc21. The van der Waals surface area contributed by atoms with Gasteiger partial charge in [-0.15, -0.1) is 0 Å². The van der Waals surface area contributed by atoms with Crippen molar-refractivity contribution in [3.05, 3.63) is 70.9 Å². The van der Waals surface area contributed by atoms with Gasteiger partial charge in [0.1, 0.15) is 0 Å². The van der Waals surface area contributed by atoms with Gasteiger partial charge in [0.15, 0.2) is 0 Å². The Bertz CT molecular complexity index is 730. The van der Waals surface area contributed by atoms with Crippen LogP contribution in [-0.2, 0) is 6.18 Å². The Morgan fingerprint density at radius 2 is 1.62 bits per heavy atom. The number of allylic oxidation sites excluding steroid dienone is 1. The van der Waals surface area contributed by atoms with E-state index in [2.05, 4.69) is 5.32 Å². The molecule has 0 atom stereocenters. The van der Waals surface area contributed by atoms with E-state index in [0.29, 0.717) is 22.5 Å². The van der Waals surface area contributed by atoms with Crippen LogP contribution in [0.1, 0.15) is 21.5 Å². The van der Waals surface area contributed by atoms with E-state index in [1.807, 2.05) is 0 Å². The minimum atomic E-state index is -4.36. The van der Waals surface area contributed by atoms with Gasteiger partial charge in [0, 0.05) is 11.3 Å². The molecule has 1 heterocycles. The van der Waals surface area contributed by atoms with Gasteiger partial charge in [-0.3, -0.25) is 4.79 Å². The smallest absolute Gasteiger partial charge is 0.352 e. The number of benzene rings is 2. The molecule has 3 rings (SSSR count). The first-order valence-electron chi connectivity index (χ1n) is 6.25. The Balaban J connectivity index is 1.89. The quantitative estimate of drug-likeness (QED) is 0.790. The number of ketones is 1. The van der Waals surface area contributed by atoms with E-state index in [-0.39, 0.29) is 5.78 Å². The summed E-state index contributed by atoms with van der Waals surface area (Å²) in [5.41, 5.74) is 1.46. The van der Waals surface area contributed by atoms with Crippen LogP contribution in [0.4, 0.5) is 18.9 Å². The van der Waals surface area contributed by atoms with Crippen LogP contribution in [-0.4, -0.2) is 5.78 Å². The molecular weight excluding hydrogens is 279 g/mol. The molecule has 21 heavy (non-hydrogen) atoms. The minimum Gasteiger partial charge on any atom is -0.352 e. The number of rotatable bonds is 1. The van der Waals surface area contributed by atoms with Crippen molar-refractivity contribution >= 4 is 17.5 Å². The van der Waals surface area contributed by atoms with Crippen LogP contribution in [0.5, 0.6) is 0 Å². The van der Waals surface area contributed by atoms with E-state index in [1.54, 1.807) is 30.3 Å². The topological polar surface area (TPSA) is 29.1 Å². The summed E-state index contributed by atoms with van der Waals surface area (Å²) in [6, 6.07) is 11.7. The van der Waals surface area contributed by atoms with Gasteiger partial charge in [-0.2, -0.15) is 13.2 Å². The molecule has 0 unspecified atom stereocenters. The Labute approximate surface area is 118 Å². The van der Waals surface area contributed by atoms with Crippen LogP contribution >= 0.6 is 0 Å². The Morgan fingerprint density at radius 3 is 2.24 bits per heavy atom. The molecule has 0 saturated carbocycles. The predicted molar refractivity (Wildman–Crippen MR) is 73.8 cm³/mol. The second-order valence-electron chi connectivity index (χ2n) is 4.68. The molecule has 0 aromatic heterocycles. The fourth-order valence-electron chi connectivity index (χ4n) is 2.17. The maximum Gasteiger partial charge on any atom is 0.416 e. The molecule has 0 saturated heterocycles. The van der Waals surface area contributed by atoms with Crippen molar-refractivity contribution in [2.24, 2.45) is 0 Å². The van der Waals surface area contributed by atoms with Gasteiger partial charge in [-0.05, 0) is 35.9 Å². The molecule has 0 amide bonds. The summed E-state index contributed by atoms with van der Waals surface area (Å²) in [5.74, 6) is -0.162. The first kappa shape index (κ1) is 13.4. The van der Waals surface area contributed by atoms with Crippen LogP contribution in [0, 0.1) is 0 Å². The number of hydrogen-bond acceptors (Lipinski definition) is 2. The third-order valence-corrected chi connectivity index (χ3v) is 3.23. The summed E-state index contributed by atoms with van der Waals surface area (Å²) in [6.45, 7) is 0. The van der Waals surface area contributed by atoms with Gasteiger partial charge in [0.25, 0.3) is 0 Å². The largest absolute Gasteiger partial charge is 0.416 e. The van der Waals surface area contributed by atoms with Crippen LogP contribution in [0.2, 0.25) is 0 Å². The van der Waals surface area contributed by atoms with Crippen molar-refractivity contribution in [1.82, 2.24) is 0 Å². The van der Waals surface area contributed by atoms with E-state index < -0.39 is 11.7 Å². The summed E-state index contributed by atoms with van der Waals surface area (Å²) < 4.78 is 37.5.